The Labute approximate surface area is 113 Å². The number of aromatic nitrogens is 1. The Balaban J connectivity index is 1.91. The number of fused-ring (bicyclic) bond motifs is 1. The first kappa shape index (κ1) is 13.1. The van der Waals surface area contributed by atoms with Gasteiger partial charge in [-0.05, 0) is 38.5 Å². The third-order valence-electron chi connectivity index (χ3n) is 4.44. The smallest absolute Gasteiger partial charge is 0.248 e. The van der Waals surface area contributed by atoms with Crippen molar-refractivity contribution >= 4 is 10.0 Å². The monoisotopic (exact) mass is 285 g/mol. The lowest BCUT2D eigenvalue weighted by Crippen LogP contribution is -2.33. The highest BCUT2D eigenvalue weighted by molar-refractivity contribution is 7.89. The van der Waals surface area contributed by atoms with Crippen LogP contribution in [0.5, 0.6) is 0 Å². The number of nitrogens with two attached hydrogens (primary N) is 1. The lowest BCUT2D eigenvalue weighted by atomic mass is 9.98. The Kier molecular flexibility index (Phi) is 2.95. The minimum absolute atomic E-state index is 0.134. The maximum atomic E-state index is 12.7. The Bertz CT molecular complexity index is 576. The van der Waals surface area contributed by atoms with E-state index in [0.29, 0.717) is 36.4 Å². The van der Waals surface area contributed by atoms with Gasteiger partial charge in [0.15, 0.2) is 5.76 Å². The van der Waals surface area contributed by atoms with Gasteiger partial charge < -0.3 is 10.3 Å². The minimum atomic E-state index is -3.50. The van der Waals surface area contributed by atoms with Crippen LogP contribution in [0.1, 0.15) is 24.3 Å². The third-order valence-corrected chi connectivity index (χ3v) is 6.52. The van der Waals surface area contributed by atoms with E-state index in [2.05, 4.69) is 5.16 Å². The van der Waals surface area contributed by atoms with E-state index in [0.717, 1.165) is 12.8 Å². The van der Waals surface area contributed by atoms with Crippen molar-refractivity contribution in [1.29, 1.82) is 0 Å². The minimum Gasteiger partial charge on any atom is -0.360 e. The molecule has 3 rings (SSSR count). The maximum absolute atomic E-state index is 12.7. The SMILES string of the molecule is Cc1noc(C)c1S(=O)(=O)N1CC2CCC(N)C2C1. The van der Waals surface area contributed by atoms with Crippen molar-refractivity contribution in [3.05, 3.63) is 11.5 Å². The van der Waals surface area contributed by atoms with Gasteiger partial charge in [0.1, 0.15) is 10.6 Å². The molecule has 1 saturated carbocycles. The van der Waals surface area contributed by atoms with Crippen molar-refractivity contribution in [2.45, 2.75) is 37.6 Å². The molecule has 1 aromatic heterocycles. The number of hydrogen-bond donors (Lipinski definition) is 1. The standard InChI is InChI=1S/C12H19N3O3S/c1-7-12(8(2)18-14-7)19(16,17)15-5-9-3-4-11(13)10(9)6-15/h9-11H,3-6,13H2,1-2H3. The third kappa shape index (κ3) is 1.91. The molecule has 0 amide bonds. The summed E-state index contributed by atoms with van der Waals surface area (Å²) in [6.45, 7) is 4.39. The molecule has 1 saturated heterocycles. The summed E-state index contributed by atoms with van der Waals surface area (Å²) < 4.78 is 31.8. The summed E-state index contributed by atoms with van der Waals surface area (Å²) in [5, 5.41) is 3.74. The lowest BCUT2D eigenvalue weighted by Gasteiger charge is -2.18. The van der Waals surface area contributed by atoms with Crippen molar-refractivity contribution in [1.82, 2.24) is 9.46 Å². The summed E-state index contributed by atoms with van der Waals surface area (Å²) in [6.07, 6.45) is 2.04. The van der Waals surface area contributed by atoms with Crippen LogP contribution in [0.4, 0.5) is 0 Å². The van der Waals surface area contributed by atoms with Crippen LogP contribution in [0.3, 0.4) is 0 Å². The zero-order valence-corrected chi connectivity index (χ0v) is 12.0. The van der Waals surface area contributed by atoms with Gasteiger partial charge in [-0.15, -0.1) is 0 Å². The van der Waals surface area contributed by atoms with Crippen LogP contribution in [0.15, 0.2) is 9.42 Å². The van der Waals surface area contributed by atoms with Crippen LogP contribution in [0.2, 0.25) is 0 Å². The molecule has 3 atom stereocenters. The van der Waals surface area contributed by atoms with E-state index >= 15 is 0 Å². The van der Waals surface area contributed by atoms with Gasteiger partial charge in [-0.3, -0.25) is 0 Å². The van der Waals surface area contributed by atoms with E-state index in [1.165, 1.54) is 0 Å². The second kappa shape index (κ2) is 4.29. The average Bonchev–Trinajstić information content (AvgIpc) is 2.97. The molecule has 2 fully saturated rings. The molecule has 2 aliphatic rings. The predicted octanol–water partition coefficient (Wildman–Crippen LogP) is 0.649. The predicted molar refractivity (Wildman–Crippen MR) is 68.9 cm³/mol. The van der Waals surface area contributed by atoms with Crippen LogP contribution in [0, 0.1) is 25.7 Å². The van der Waals surface area contributed by atoms with E-state index < -0.39 is 10.0 Å². The van der Waals surface area contributed by atoms with Gasteiger partial charge in [0.2, 0.25) is 10.0 Å². The number of rotatable bonds is 2. The first-order valence-electron chi connectivity index (χ1n) is 6.60. The summed E-state index contributed by atoms with van der Waals surface area (Å²) in [7, 11) is -3.50. The fraction of sp³-hybridized carbons (Fsp3) is 0.750. The van der Waals surface area contributed by atoms with Crippen LogP contribution in [-0.2, 0) is 10.0 Å². The average molecular weight is 285 g/mol. The quantitative estimate of drug-likeness (QED) is 0.861. The van der Waals surface area contributed by atoms with E-state index in [4.69, 9.17) is 10.3 Å². The zero-order valence-electron chi connectivity index (χ0n) is 11.2. The number of aryl methyl sites for hydroxylation is 2. The normalized spacial score (nSPS) is 31.8. The van der Waals surface area contributed by atoms with Gasteiger partial charge in [-0.25, -0.2) is 8.42 Å². The first-order valence-corrected chi connectivity index (χ1v) is 8.04. The van der Waals surface area contributed by atoms with Crippen LogP contribution >= 0.6 is 0 Å². The number of hydrogen-bond acceptors (Lipinski definition) is 5. The zero-order chi connectivity index (χ0) is 13.8. The van der Waals surface area contributed by atoms with Gasteiger partial charge in [-0.2, -0.15) is 4.31 Å². The molecule has 0 bridgehead atoms. The molecule has 0 radical (unpaired) electrons. The van der Waals surface area contributed by atoms with Gasteiger partial charge in [0.25, 0.3) is 0 Å². The van der Waals surface area contributed by atoms with E-state index in [-0.39, 0.29) is 10.9 Å². The van der Waals surface area contributed by atoms with Crippen LogP contribution < -0.4 is 5.73 Å². The fourth-order valence-corrected chi connectivity index (χ4v) is 5.26. The molecule has 19 heavy (non-hydrogen) atoms. The highest BCUT2D eigenvalue weighted by Gasteiger charge is 2.46. The van der Waals surface area contributed by atoms with E-state index in [1.54, 1.807) is 18.2 Å². The molecule has 1 aliphatic carbocycles. The maximum Gasteiger partial charge on any atom is 0.248 e. The molecular formula is C12H19N3O3S. The van der Waals surface area contributed by atoms with Gasteiger partial charge in [-0.1, -0.05) is 5.16 Å². The Morgan fingerprint density at radius 2 is 2.05 bits per heavy atom. The van der Waals surface area contributed by atoms with E-state index in [9.17, 15) is 8.42 Å². The molecule has 2 heterocycles. The Morgan fingerprint density at radius 3 is 2.63 bits per heavy atom. The summed E-state index contributed by atoms with van der Waals surface area (Å²) >= 11 is 0. The first-order chi connectivity index (χ1) is 8.91. The number of nitrogens with zero attached hydrogens (tertiary/aromatic N) is 2. The largest absolute Gasteiger partial charge is 0.360 e. The lowest BCUT2D eigenvalue weighted by molar-refractivity contribution is 0.389. The molecule has 7 heteroatoms. The van der Waals surface area contributed by atoms with Crippen molar-refractivity contribution in [3.8, 4) is 0 Å². The molecule has 0 spiro atoms. The Hall–Kier alpha value is -0.920. The summed E-state index contributed by atoms with van der Waals surface area (Å²) in [5.41, 5.74) is 6.48. The van der Waals surface area contributed by atoms with Crippen molar-refractivity contribution in [2.75, 3.05) is 13.1 Å². The molecule has 3 unspecified atom stereocenters. The van der Waals surface area contributed by atoms with E-state index in [1.807, 2.05) is 0 Å². The number of sulfonamides is 1. The highest BCUT2D eigenvalue weighted by Crippen LogP contribution is 2.39. The van der Waals surface area contributed by atoms with Crippen molar-refractivity contribution in [2.24, 2.45) is 17.6 Å². The molecule has 6 nitrogen and oxygen atoms in total. The van der Waals surface area contributed by atoms with Crippen molar-refractivity contribution in [3.63, 3.8) is 0 Å². The second-order valence-corrected chi connectivity index (χ2v) is 7.52. The topological polar surface area (TPSA) is 89.4 Å². The summed E-state index contributed by atoms with van der Waals surface area (Å²) in [5.74, 6) is 1.07. The second-order valence-electron chi connectivity index (χ2n) is 5.64. The molecule has 106 valence electrons. The van der Waals surface area contributed by atoms with Gasteiger partial charge in [0.05, 0.1) is 0 Å². The Morgan fingerprint density at radius 1 is 1.32 bits per heavy atom. The molecule has 1 aromatic rings. The summed E-state index contributed by atoms with van der Waals surface area (Å²) in [6, 6.07) is 0.134. The molecule has 0 aromatic carbocycles. The van der Waals surface area contributed by atoms with Crippen molar-refractivity contribution < 1.29 is 12.9 Å². The van der Waals surface area contributed by atoms with Gasteiger partial charge in [0, 0.05) is 19.1 Å². The summed E-state index contributed by atoms with van der Waals surface area (Å²) in [4.78, 5) is 0.223. The van der Waals surface area contributed by atoms with Crippen LogP contribution in [0.25, 0.3) is 0 Å². The molecule has 1 aliphatic heterocycles. The van der Waals surface area contributed by atoms with Gasteiger partial charge >= 0.3 is 0 Å². The molecular weight excluding hydrogens is 266 g/mol. The van der Waals surface area contributed by atoms with Crippen LogP contribution in [-0.4, -0.2) is 37.0 Å². The molecule has 2 N–H and O–H groups in total. The fourth-order valence-electron chi connectivity index (χ4n) is 3.43. The highest BCUT2D eigenvalue weighted by atomic mass is 32.2.